The molecule has 0 atom stereocenters. The van der Waals surface area contributed by atoms with Gasteiger partial charge in [0, 0.05) is 6.04 Å². The molecule has 0 spiro atoms. The minimum absolute atomic E-state index is 0.869. The van der Waals surface area contributed by atoms with Crippen LogP contribution in [-0.2, 0) is 0 Å². The van der Waals surface area contributed by atoms with Gasteiger partial charge in [0.2, 0.25) is 0 Å². The molecule has 1 N–H and O–H groups in total. The number of rotatable bonds is 6. The van der Waals surface area contributed by atoms with Crippen molar-refractivity contribution in [2.24, 2.45) is 11.8 Å². The summed E-state index contributed by atoms with van der Waals surface area (Å²) in [4.78, 5) is 0. The Kier molecular flexibility index (Phi) is 4.90. The Labute approximate surface area is 101 Å². The lowest BCUT2D eigenvalue weighted by molar-refractivity contribution is 0.303. The van der Waals surface area contributed by atoms with Gasteiger partial charge in [0.25, 0.3) is 0 Å². The lowest BCUT2D eigenvalue weighted by atomic mass is 9.81. The van der Waals surface area contributed by atoms with Gasteiger partial charge in [-0.1, -0.05) is 25.5 Å². The van der Waals surface area contributed by atoms with Crippen LogP contribution in [0, 0.1) is 11.8 Å². The van der Waals surface area contributed by atoms with E-state index in [1.807, 2.05) is 0 Å². The normalized spacial score (nSPS) is 31.1. The van der Waals surface area contributed by atoms with Crippen molar-refractivity contribution in [3.8, 4) is 0 Å². The molecule has 0 radical (unpaired) electrons. The van der Waals surface area contributed by atoms with Crippen molar-refractivity contribution in [2.75, 3.05) is 6.54 Å². The zero-order chi connectivity index (χ0) is 11.2. The average molecular weight is 221 g/mol. The second-order valence-corrected chi connectivity index (χ2v) is 5.63. The minimum atomic E-state index is 0.869. The van der Waals surface area contributed by atoms with Crippen LogP contribution in [0.1, 0.15) is 58.3 Å². The highest BCUT2D eigenvalue weighted by molar-refractivity contribution is 4.92. The van der Waals surface area contributed by atoms with Crippen molar-refractivity contribution in [1.29, 1.82) is 0 Å². The first-order valence-electron chi connectivity index (χ1n) is 7.28. The third kappa shape index (κ3) is 4.29. The SMILES string of the molecule is CCC1CCC(/C=C/CCNC2CC2)CC1. The molecule has 2 fully saturated rings. The van der Waals surface area contributed by atoms with Crippen LogP contribution in [0.2, 0.25) is 0 Å². The molecule has 0 aliphatic heterocycles. The van der Waals surface area contributed by atoms with E-state index in [-0.39, 0.29) is 0 Å². The molecule has 1 heteroatoms. The van der Waals surface area contributed by atoms with E-state index in [4.69, 9.17) is 0 Å². The summed E-state index contributed by atoms with van der Waals surface area (Å²) in [7, 11) is 0. The molecule has 0 bridgehead atoms. The van der Waals surface area contributed by atoms with Crippen LogP contribution in [0.25, 0.3) is 0 Å². The second-order valence-electron chi connectivity index (χ2n) is 5.63. The zero-order valence-electron chi connectivity index (χ0n) is 10.8. The second kappa shape index (κ2) is 6.44. The molecular formula is C15H27N. The van der Waals surface area contributed by atoms with E-state index in [0.717, 1.165) is 17.9 Å². The molecular weight excluding hydrogens is 194 g/mol. The molecule has 1 nitrogen and oxygen atoms in total. The summed E-state index contributed by atoms with van der Waals surface area (Å²) >= 11 is 0. The molecule has 0 amide bonds. The topological polar surface area (TPSA) is 12.0 Å². The Morgan fingerprint density at radius 2 is 1.81 bits per heavy atom. The van der Waals surface area contributed by atoms with E-state index in [9.17, 15) is 0 Å². The quantitative estimate of drug-likeness (QED) is 0.530. The third-order valence-corrected chi connectivity index (χ3v) is 4.20. The van der Waals surface area contributed by atoms with Crippen LogP contribution in [-0.4, -0.2) is 12.6 Å². The van der Waals surface area contributed by atoms with Crippen molar-refractivity contribution in [2.45, 2.75) is 64.3 Å². The van der Waals surface area contributed by atoms with E-state index >= 15 is 0 Å². The van der Waals surface area contributed by atoms with E-state index < -0.39 is 0 Å². The van der Waals surface area contributed by atoms with Gasteiger partial charge < -0.3 is 5.32 Å². The summed E-state index contributed by atoms with van der Waals surface area (Å²) in [5.74, 6) is 1.92. The summed E-state index contributed by atoms with van der Waals surface area (Å²) < 4.78 is 0. The van der Waals surface area contributed by atoms with Crippen LogP contribution in [0.5, 0.6) is 0 Å². The molecule has 2 aliphatic rings. The van der Waals surface area contributed by atoms with Crippen molar-refractivity contribution < 1.29 is 0 Å². The number of allylic oxidation sites excluding steroid dienone is 1. The zero-order valence-corrected chi connectivity index (χ0v) is 10.8. The van der Waals surface area contributed by atoms with E-state index in [2.05, 4.69) is 24.4 Å². The Bertz CT molecular complexity index is 209. The van der Waals surface area contributed by atoms with Gasteiger partial charge in [-0.2, -0.15) is 0 Å². The molecule has 0 aromatic carbocycles. The van der Waals surface area contributed by atoms with Gasteiger partial charge in [-0.05, 0) is 63.3 Å². The third-order valence-electron chi connectivity index (χ3n) is 4.20. The lowest BCUT2D eigenvalue weighted by Crippen LogP contribution is -2.16. The van der Waals surface area contributed by atoms with Gasteiger partial charge in [-0.3, -0.25) is 0 Å². The van der Waals surface area contributed by atoms with Crippen LogP contribution < -0.4 is 5.32 Å². The molecule has 0 unspecified atom stereocenters. The van der Waals surface area contributed by atoms with Crippen molar-refractivity contribution in [3.63, 3.8) is 0 Å². The van der Waals surface area contributed by atoms with E-state index in [1.165, 1.54) is 57.9 Å². The predicted molar refractivity (Wildman–Crippen MR) is 70.5 cm³/mol. The summed E-state index contributed by atoms with van der Waals surface area (Å²) in [6.45, 7) is 3.52. The highest BCUT2D eigenvalue weighted by Gasteiger charge is 2.19. The molecule has 0 saturated heterocycles. The maximum absolute atomic E-state index is 3.56. The Balaban J connectivity index is 1.52. The van der Waals surface area contributed by atoms with Crippen molar-refractivity contribution >= 4 is 0 Å². The van der Waals surface area contributed by atoms with Crippen LogP contribution in [0.3, 0.4) is 0 Å². The first-order chi connectivity index (χ1) is 7.88. The van der Waals surface area contributed by atoms with E-state index in [0.29, 0.717) is 0 Å². The first kappa shape index (κ1) is 12.2. The predicted octanol–water partition coefficient (Wildman–Crippen LogP) is 3.90. The molecule has 92 valence electrons. The van der Waals surface area contributed by atoms with Gasteiger partial charge in [-0.25, -0.2) is 0 Å². The van der Waals surface area contributed by atoms with Gasteiger partial charge in [-0.15, -0.1) is 0 Å². The fourth-order valence-corrected chi connectivity index (χ4v) is 2.74. The summed E-state index contributed by atoms with van der Waals surface area (Å²) in [5, 5.41) is 3.56. The average Bonchev–Trinajstić information content (AvgIpc) is 3.13. The number of hydrogen-bond donors (Lipinski definition) is 1. The Hall–Kier alpha value is -0.300. The monoisotopic (exact) mass is 221 g/mol. The van der Waals surface area contributed by atoms with Crippen LogP contribution in [0.4, 0.5) is 0 Å². The van der Waals surface area contributed by atoms with Crippen molar-refractivity contribution in [1.82, 2.24) is 5.32 Å². The number of nitrogens with one attached hydrogen (secondary N) is 1. The summed E-state index contributed by atoms with van der Waals surface area (Å²) in [6.07, 6.45) is 16.1. The fraction of sp³-hybridized carbons (Fsp3) is 0.867. The van der Waals surface area contributed by atoms with Gasteiger partial charge in [0.15, 0.2) is 0 Å². The van der Waals surface area contributed by atoms with Crippen molar-refractivity contribution in [3.05, 3.63) is 12.2 Å². The Morgan fingerprint density at radius 1 is 1.06 bits per heavy atom. The minimum Gasteiger partial charge on any atom is -0.314 e. The molecule has 0 heterocycles. The van der Waals surface area contributed by atoms with Gasteiger partial charge in [0.05, 0.1) is 0 Å². The van der Waals surface area contributed by atoms with Gasteiger partial charge in [0.1, 0.15) is 0 Å². The standard InChI is InChI=1S/C15H27N/c1-2-13-6-8-14(9-7-13)5-3-4-12-16-15-10-11-15/h3,5,13-16H,2,4,6-12H2,1H3/b5-3+. The summed E-state index contributed by atoms with van der Waals surface area (Å²) in [5.41, 5.74) is 0. The molecule has 16 heavy (non-hydrogen) atoms. The maximum Gasteiger partial charge on any atom is 0.00683 e. The smallest absolute Gasteiger partial charge is 0.00683 e. The molecule has 2 aliphatic carbocycles. The van der Waals surface area contributed by atoms with E-state index in [1.54, 1.807) is 0 Å². The maximum atomic E-state index is 3.56. The largest absolute Gasteiger partial charge is 0.314 e. The highest BCUT2D eigenvalue weighted by Crippen LogP contribution is 2.31. The molecule has 0 aromatic heterocycles. The first-order valence-corrected chi connectivity index (χ1v) is 7.28. The Morgan fingerprint density at radius 3 is 2.44 bits per heavy atom. The summed E-state index contributed by atoms with van der Waals surface area (Å²) in [6, 6.07) is 0.869. The molecule has 2 rings (SSSR count). The highest BCUT2D eigenvalue weighted by atomic mass is 14.9. The fourth-order valence-electron chi connectivity index (χ4n) is 2.74. The molecule has 2 saturated carbocycles. The number of hydrogen-bond acceptors (Lipinski definition) is 1. The van der Waals surface area contributed by atoms with Gasteiger partial charge >= 0.3 is 0 Å². The van der Waals surface area contributed by atoms with Crippen LogP contribution >= 0.6 is 0 Å². The lowest BCUT2D eigenvalue weighted by Gasteiger charge is -2.25. The molecule has 0 aromatic rings. The van der Waals surface area contributed by atoms with Crippen LogP contribution in [0.15, 0.2) is 12.2 Å².